The van der Waals surface area contributed by atoms with Crippen LogP contribution in [0.25, 0.3) is 0 Å². The monoisotopic (exact) mass is 451 g/mol. The topological polar surface area (TPSA) is 87.4 Å². The number of halogens is 1. The molecular weight excluding hydrogens is 421 g/mol. The number of amides is 1. The molecule has 8 nitrogen and oxygen atoms in total. The molecule has 24 heavy (non-hydrogen) atoms. The fourth-order valence-electron chi connectivity index (χ4n) is 2.18. The normalized spacial score (nSPS) is 10.9. The van der Waals surface area contributed by atoms with Gasteiger partial charge in [-0.1, -0.05) is 0 Å². The molecule has 0 unspecified atom stereocenters. The van der Waals surface area contributed by atoms with Crippen molar-refractivity contribution >= 4 is 35.8 Å². The van der Waals surface area contributed by atoms with Gasteiger partial charge in [0.25, 0.3) is 0 Å². The molecule has 0 radical (unpaired) electrons. The third kappa shape index (κ3) is 7.45. The summed E-state index contributed by atoms with van der Waals surface area (Å²) in [6.45, 7) is 12.1. The van der Waals surface area contributed by atoms with Gasteiger partial charge >= 0.3 is 0 Å². The zero-order valence-electron chi connectivity index (χ0n) is 15.1. The van der Waals surface area contributed by atoms with Crippen LogP contribution in [0.15, 0.2) is 11.3 Å². The Morgan fingerprint density at radius 2 is 1.96 bits per heavy atom. The third-order valence-corrected chi connectivity index (χ3v) is 3.51. The molecule has 0 atom stereocenters. The van der Waals surface area contributed by atoms with Crippen molar-refractivity contribution in [3.63, 3.8) is 0 Å². The van der Waals surface area contributed by atoms with E-state index in [1.165, 1.54) is 0 Å². The van der Waals surface area contributed by atoms with Gasteiger partial charge in [-0.05, 0) is 27.7 Å². The van der Waals surface area contributed by atoms with E-state index in [0.29, 0.717) is 25.5 Å². The van der Waals surface area contributed by atoms with Crippen LogP contribution in [0.1, 0.15) is 39.9 Å². The minimum atomic E-state index is 0. The van der Waals surface area contributed by atoms with E-state index in [9.17, 15) is 4.79 Å². The number of carbonyl (C=O) groups is 1. The lowest BCUT2D eigenvalue weighted by Gasteiger charge is -2.19. The fraction of sp³-hybridized carbons (Fsp3) is 0.733. The Hall–Kier alpha value is -1.39. The van der Waals surface area contributed by atoms with E-state index in [2.05, 4.69) is 25.8 Å². The summed E-state index contributed by atoms with van der Waals surface area (Å²) < 4.78 is 1.96. The van der Waals surface area contributed by atoms with Crippen LogP contribution in [0.5, 0.6) is 0 Å². The highest BCUT2D eigenvalue weighted by Gasteiger charge is 2.09. The van der Waals surface area contributed by atoms with E-state index in [1.54, 1.807) is 6.33 Å². The van der Waals surface area contributed by atoms with Crippen molar-refractivity contribution in [2.75, 3.05) is 26.2 Å². The highest BCUT2D eigenvalue weighted by molar-refractivity contribution is 14.0. The number of nitrogens with one attached hydrogen (secondary N) is 2. The molecule has 2 N–H and O–H groups in total. The average Bonchev–Trinajstić information content (AvgIpc) is 3.01. The first-order chi connectivity index (χ1) is 11.2. The highest BCUT2D eigenvalue weighted by Crippen LogP contribution is 1.97. The zero-order chi connectivity index (χ0) is 17.1. The first-order valence-corrected chi connectivity index (χ1v) is 8.32. The second-order valence-corrected chi connectivity index (χ2v) is 4.97. The Labute approximate surface area is 161 Å². The second kappa shape index (κ2) is 13.0. The summed E-state index contributed by atoms with van der Waals surface area (Å²) in [6.07, 6.45) is 2.16. The number of carbonyl (C=O) groups excluding carboxylic acids is 1. The number of aryl methyl sites for hydroxylation is 1. The largest absolute Gasteiger partial charge is 0.357 e. The van der Waals surface area contributed by atoms with Crippen LogP contribution in [-0.2, 0) is 17.9 Å². The maximum absolute atomic E-state index is 12.0. The first-order valence-electron chi connectivity index (χ1n) is 8.32. The van der Waals surface area contributed by atoms with Gasteiger partial charge in [0, 0.05) is 39.1 Å². The smallest absolute Gasteiger partial charge is 0.224 e. The average molecular weight is 451 g/mol. The third-order valence-electron chi connectivity index (χ3n) is 3.51. The number of aliphatic imine (C=N–C) groups is 1. The summed E-state index contributed by atoms with van der Waals surface area (Å²) in [5.41, 5.74) is 0. The second-order valence-electron chi connectivity index (χ2n) is 4.97. The van der Waals surface area contributed by atoms with Crippen molar-refractivity contribution in [3.05, 3.63) is 12.2 Å². The first kappa shape index (κ1) is 22.6. The molecule has 0 bridgehead atoms. The van der Waals surface area contributed by atoms with Crippen LogP contribution in [0.3, 0.4) is 0 Å². The van der Waals surface area contributed by atoms with Gasteiger partial charge < -0.3 is 20.1 Å². The van der Waals surface area contributed by atoms with E-state index in [-0.39, 0.29) is 29.9 Å². The van der Waals surface area contributed by atoms with E-state index in [1.807, 2.05) is 37.2 Å². The molecule has 1 heterocycles. The van der Waals surface area contributed by atoms with Crippen LogP contribution in [0, 0.1) is 0 Å². The number of guanidine groups is 1. The number of aromatic nitrogens is 3. The Morgan fingerprint density at radius 1 is 1.25 bits per heavy atom. The maximum atomic E-state index is 12.0. The molecule has 0 aliphatic carbocycles. The molecule has 0 aliphatic heterocycles. The molecule has 1 aromatic rings. The Kier molecular flexibility index (Phi) is 12.2. The van der Waals surface area contributed by atoms with E-state index in [4.69, 9.17) is 0 Å². The van der Waals surface area contributed by atoms with Crippen molar-refractivity contribution in [3.8, 4) is 0 Å². The molecule has 0 fully saturated rings. The molecule has 0 spiro atoms. The number of hydrogen-bond acceptors (Lipinski definition) is 4. The lowest BCUT2D eigenvalue weighted by Crippen LogP contribution is -2.40. The summed E-state index contributed by atoms with van der Waals surface area (Å²) in [6, 6.07) is 0. The molecular formula is C15H30IN7O. The molecule has 138 valence electrons. The molecule has 0 aromatic carbocycles. The standard InChI is InChI=1S/C15H29N7O.HI/c1-5-16-15(17-10-9-14(23)21(6-2)7-3)18-11-13-20-19-12-22(13)8-4;/h12H,5-11H2,1-4H3,(H2,16,17,18);1H. The molecule has 0 saturated heterocycles. The van der Waals surface area contributed by atoms with Crippen molar-refractivity contribution in [1.29, 1.82) is 0 Å². The lowest BCUT2D eigenvalue weighted by molar-refractivity contribution is -0.130. The molecule has 1 amide bonds. The zero-order valence-corrected chi connectivity index (χ0v) is 17.4. The van der Waals surface area contributed by atoms with Crippen LogP contribution < -0.4 is 10.6 Å². The fourth-order valence-corrected chi connectivity index (χ4v) is 2.18. The summed E-state index contributed by atoms with van der Waals surface area (Å²) in [4.78, 5) is 18.3. The van der Waals surface area contributed by atoms with E-state index >= 15 is 0 Å². The highest BCUT2D eigenvalue weighted by atomic mass is 127. The maximum Gasteiger partial charge on any atom is 0.224 e. The number of nitrogens with zero attached hydrogens (tertiary/aromatic N) is 5. The van der Waals surface area contributed by atoms with Gasteiger partial charge in [0.1, 0.15) is 12.9 Å². The van der Waals surface area contributed by atoms with Gasteiger partial charge in [-0.2, -0.15) is 0 Å². The predicted octanol–water partition coefficient (Wildman–Crippen LogP) is 1.23. The SMILES string of the molecule is CCNC(=NCc1nncn1CC)NCCC(=O)N(CC)CC.I. The Bertz CT molecular complexity index is 500. The van der Waals surface area contributed by atoms with Crippen LogP contribution in [0.2, 0.25) is 0 Å². The molecule has 0 aliphatic rings. The minimum Gasteiger partial charge on any atom is -0.357 e. The van der Waals surface area contributed by atoms with Crippen LogP contribution >= 0.6 is 24.0 Å². The van der Waals surface area contributed by atoms with Crippen LogP contribution in [-0.4, -0.2) is 57.7 Å². The van der Waals surface area contributed by atoms with Crippen molar-refractivity contribution < 1.29 is 4.79 Å². The molecule has 9 heteroatoms. The summed E-state index contributed by atoms with van der Waals surface area (Å²) in [5.74, 6) is 1.67. The number of hydrogen-bond donors (Lipinski definition) is 2. The minimum absolute atomic E-state index is 0. The summed E-state index contributed by atoms with van der Waals surface area (Å²) in [5, 5.41) is 14.3. The van der Waals surface area contributed by atoms with Crippen LogP contribution in [0.4, 0.5) is 0 Å². The van der Waals surface area contributed by atoms with Gasteiger partial charge in [0.2, 0.25) is 5.91 Å². The van der Waals surface area contributed by atoms with Crippen molar-refractivity contribution in [2.45, 2.75) is 47.2 Å². The molecule has 0 saturated carbocycles. The quantitative estimate of drug-likeness (QED) is 0.335. The molecule has 1 aromatic heterocycles. The Balaban J connectivity index is 0.00000529. The van der Waals surface area contributed by atoms with Gasteiger partial charge in [-0.25, -0.2) is 4.99 Å². The van der Waals surface area contributed by atoms with E-state index in [0.717, 1.165) is 32.0 Å². The molecule has 1 rings (SSSR count). The van der Waals surface area contributed by atoms with Gasteiger partial charge in [-0.3, -0.25) is 4.79 Å². The van der Waals surface area contributed by atoms with Gasteiger partial charge in [-0.15, -0.1) is 34.2 Å². The Morgan fingerprint density at radius 3 is 2.54 bits per heavy atom. The van der Waals surface area contributed by atoms with Crippen molar-refractivity contribution in [1.82, 2.24) is 30.3 Å². The summed E-state index contributed by atoms with van der Waals surface area (Å²) in [7, 11) is 0. The van der Waals surface area contributed by atoms with Gasteiger partial charge in [0.15, 0.2) is 11.8 Å². The van der Waals surface area contributed by atoms with Crippen molar-refractivity contribution in [2.24, 2.45) is 4.99 Å². The lowest BCUT2D eigenvalue weighted by atomic mass is 10.3. The summed E-state index contributed by atoms with van der Waals surface area (Å²) >= 11 is 0. The predicted molar refractivity (Wildman–Crippen MR) is 106 cm³/mol. The number of rotatable bonds is 9. The van der Waals surface area contributed by atoms with E-state index < -0.39 is 0 Å². The van der Waals surface area contributed by atoms with Gasteiger partial charge in [0.05, 0.1) is 0 Å².